The van der Waals surface area contributed by atoms with Crippen LogP contribution in [0.3, 0.4) is 0 Å². The minimum Gasteiger partial charge on any atom is -0.272 e. The summed E-state index contributed by atoms with van der Waals surface area (Å²) in [4.78, 5) is 11.5. The zero-order valence-corrected chi connectivity index (χ0v) is 8.76. The summed E-state index contributed by atoms with van der Waals surface area (Å²) >= 11 is 0. The Bertz CT molecular complexity index is 488. The molecular weight excluding hydrogens is 259 g/mol. The third-order valence-electron chi connectivity index (χ3n) is 2.52. The number of carbonyl (C=O) groups excluding carboxylic acids is 1. The molecule has 1 atom stereocenters. The van der Waals surface area contributed by atoms with Crippen LogP contribution in [-0.2, 0) is 4.79 Å². The Morgan fingerprint density at radius 2 is 1.94 bits per heavy atom. The van der Waals surface area contributed by atoms with E-state index in [1.165, 1.54) is 0 Å². The Hall–Kier alpha value is -1.70. The third-order valence-corrected chi connectivity index (χ3v) is 2.52. The highest BCUT2D eigenvalue weighted by Crippen LogP contribution is 2.32. The molecule has 1 heterocycles. The second-order valence-electron chi connectivity index (χ2n) is 3.73. The van der Waals surface area contributed by atoms with Gasteiger partial charge in [-0.2, -0.15) is 13.2 Å². The summed E-state index contributed by atoms with van der Waals surface area (Å²) in [5.41, 5.74) is 1.54. The predicted octanol–water partition coefficient (Wildman–Crippen LogP) is 1.99. The summed E-state index contributed by atoms with van der Waals surface area (Å²) in [6.07, 6.45) is -4.72. The van der Waals surface area contributed by atoms with Crippen LogP contribution in [0.2, 0.25) is 0 Å². The minimum absolute atomic E-state index is 0.385. The van der Waals surface area contributed by atoms with Crippen LogP contribution in [0.25, 0.3) is 0 Å². The maximum atomic E-state index is 13.3. The standard InChI is InChI=1S/C10H7F5N2O/c11-5-1-2-7(12)8(3-5)17-9(18)6(4-16-17)10(13,14)15/h1-3,6,16H,4H2. The molecule has 1 aromatic rings. The Labute approximate surface area is 98.2 Å². The number of nitrogens with one attached hydrogen (secondary N) is 1. The summed E-state index contributed by atoms with van der Waals surface area (Å²) in [5, 5.41) is 0.385. The van der Waals surface area contributed by atoms with Crippen LogP contribution >= 0.6 is 0 Å². The molecule has 1 aliphatic rings. The molecule has 1 fully saturated rings. The first-order valence-corrected chi connectivity index (χ1v) is 4.90. The number of hydrogen-bond acceptors (Lipinski definition) is 2. The first kappa shape index (κ1) is 12.7. The molecule has 1 unspecified atom stereocenters. The van der Waals surface area contributed by atoms with Gasteiger partial charge in [0.05, 0.1) is 5.69 Å². The molecule has 0 aromatic heterocycles. The zero-order valence-electron chi connectivity index (χ0n) is 8.76. The number of nitrogens with zero attached hydrogens (tertiary/aromatic N) is 1. The van der Waals surface area contributed by atoms with E-state index < -0.39 is 41.9 Å². The van der Waals surface area contributed by atoms with E-state index in [0.29, 0.717) is 11.1 Å². The highest BCUT2D eigenvalue weighted by atomic mass is 19.4. The fraction of sp³-hybridized carbons (Fsp3) is 0.300. The molecule has 0 saturated carbocycles. The molecule has 1 aromatic carbocycles. The Morgan fingerprint density at radius 1 is 1.28 bits per heavy atom. The van der Waals surface area contributed by atoms with E-state index in [-0.39, 0.29) is 0 Å². The van der Waals surface area contributed by atoms with Gasteiger partial charge in [0.2, 0.25) is 0 Å². The summed E-state index contributed by atoms with van der Waals surface area (Å²) in [6, 6.07) is 2.19. The highest BCUT2D eigenvalue weighted by molar-refractivity contribution is 5.96. The molecule has 18 heavy (non-hydrogen) atoms. The second-order valence-corrected chi connectivity index (χ2v) is 3.73. The van der Waals surface area contributed by atoms with E-state index in [2.05, 4.69) is 5.43 Å². The first-order valence-electron chi connectivity index (χ1n) is 4.90. The average molecular weight is 266 g/mol. The number of halogens is 5. The predicted molar refractivity (Wildman–Crippen MR) is 51.4 cm³/mol. The second kappa shape index (κ2) is 4.20. The van der Waals surface area contributed by atoms with Crippen LogP contribution in [0.4, 0.5) is 27.6 Å². The molecule has 1 N–H and O–H groups in total. The van der Waals surface area contributed by atoms with Gasteiger partial charge in [-0.05, 0) is 12.1 Å². The van der Waals surface area contributed by atoms with Crippen LogP contribution < -0.4 is 10.4 Å². The zero-order chi connectivity index (χ0) is 13.5. The van der Waals surface area contributed by atoms with E-state index >= 15 is 0 Å². The molecule has 98 valence electrons. The van der Waals surface area contributed by atoms with Crippen molar-refractivity contribution in [1.82, 2.24) is 5.43 Å². The summed E-state index contributed by atoms with van der Waals surface area (Å²) in [7, 11) is 0. The van der Waals surface area contributed by atoms with Crippen molar-refractivity contribution >= 4 is 11.6 Å². The number of amides is 1. The van der Waals surface area contributed by atoms with Crippen molar-refractivity contribution in [2.24, 2.45) is 5.92 Å². The first-order chi connectivity index (χ1) is 8.30. The molecule has 0 aliphatic carbocycles. The van der Waals surface area contributed by atoms with Crippen LogP contribution in [0.15, 0.2) is 18.2 Å². The lowest BCUT2D eigenvalue weighted by atomic mass is 10.1. The van der Waals surface area contributed by atoms with E-state index in [0.717, 1.165) is 12.1 Å². The monoisotopic (exact) mass is 266 g/mol. The van der Waals surface area contributed by atoms with Crippen LogP contribution in [0.5, 0.6) is 0 Å². The number of alkyl halides is 3. The van der Waals surface area contributed by atoms with Gasteiger partial charge in [0.25, 0.3) is 5.91 Å². The maximum absolute atomic E-state index is 13.3. The Kier molecular flexibility index (Phi) is 2.97. The van der Waals surface area contributed by atoms with Gasteiger partial charge in [-0.15, -0.1) is 0 Å². The van der Waals surface area contributed by atoms with Crippen molar-refractivity contribution in [3.63, 3.8) is 0 Å². The Balaban J connectivity index is 2.32. The molecule has 2 rings (SSSR count). The molecule has 0 bridgehead atoms. The van der Waals surface area contributed by atoms with Crippen molar-refractivity contribution in [3.05, 3.63) is 29.8 Å². The van der Waals surface area contributed by atoms with Gasteiger partial charge in [0.1, 0.15) is 17.6 Å². The highest BCUT2D eigenvalue weighted by Gasteiger charge is 2.50. The largest absolute Gasteiger partial charge is 0.401 e. The van der Waals surface area contributed by atoms with E-state index in [1.54, 1.807) is 0 Å². The quantitative estimate of drug-likeness (QED) is 0.788. The molecule has 1 saturated heterocycles. The van der Waals surface area contributed by atoms with Crippen molar-refractivity contribution < 1.29 is 26.7 Å². The lowest BCUT2D eigenvalue weighted by molar-refractivity contribution is -0.174. The van der Waals surface area contributed by atoms with Crippen molar-refractivity contribution in [2.75, 3.05) is 11.6 Å². The average Bonchev–Trinajstić information content (AvgIpc) is 2.63. The van der Waals surface area contributed by atoms with Crippen molar-refractivity contribution in [3.8, 4) is 0 Å². The van der Waals surface area contributed by atoms with Crippen LogP contribution in [0.1, 0.15) is 0 Å². The van der Waals surface area contributed by atoms with E-state index in [9.17, 15) is 26.7 Å². The van der Waals surface area contributed by atoms with Crippen LogP contribution in [0, 0.1) is 17.6 Å². The van der Waals surface area contributed by atoms with Gasteiger partial charge in [-0.3, -0.25) is 4.79 Å². The molecule has 3 nitrogen and oxygen atoms in total. The van der Waals surface area contributed by atoms with Gasteiger partial charge in [0, 0.05) is 12.6 Å². The van der Waals surface area contributed by atoms with Gasteiger partial charge in [-0.1, -0.05) is 0 Å². The minimum atomic E-state index is -4.72. The maximum Gasteiger partial charge on any atom is 0.401 e. The number of anilines is 1. The SMILES string of the molecule is O=C1C(C(F)(F)F)CNN1c1cc(F)ccc1F. The van der Waals surface area contributed by atoms with Gasteiger partial charge >= 0.3 is 6.18 Å². The lowest BCUT2D eigenvalue weighted by Crippen LogP contribution is -2.37. The van der Waals surface area contributed by atoms with E-state index in [4.69, 9.17) is 0 Å². The molecule has 0 radical (unpaired) electrons. The molecule has 0 spiro atoms. The fourth-order valence-corrected chi connectivity index (χ4v) is 1.62. The van der Waals surface area contributed by atoms with Gasteiger partial charge in [-0.25, -0.2) is 19.2 Å². The number of hydrogen-bond donors (Lipinski definition) is 1. The number of carbonyl (C=O) groups is 1. The normalized spacial score (nSPS) is 20.6. The number of rotatable bonds is 1. The summed E-state index contributed by atoms with van der Waals surface area (Å²) in [6.45, 7) is -0.696. The fourth-order valence-electron chi connectivity index (χ4n) is 1.62. The van der Waals surface area contributed by atoms with Crippen LogP contribution in [-0.4, -0.2) is 18.6 Å². The summed E-state index contributed by atoms with van der Waals surface area (Å²) < 4.78 is 63.5. The topological polar surface area (TPSA) is 32.3 Å². The third kappa shape index (κ3) is 2.15. The van der Waals surface area contributed by atoms with Gasteiger partial charge in [0.15, 0.2) is 0 Å². The van der Waals surface area contributed by atoms with Crippen molar-refractivity contribution in [2.45, 2.75) is 6.18 Å². The van der Waals surface area contributed by atoms with Gasteiger partial charge < -0.3 is 0 Å². The number of hydrazine groups is 1. The number of benzene rings is 1. The summed E-state index contributed by atoms with van der Waals surface area (Å²) in [5.74, 6) is -5.44. The Morgan fingerprint density at radius 3 is 2.50 bits per heavy atom. The van der Waals surface area contributed by atoms with Crippen molar-refractivity contribution in [1.29, 1.82) is 0 Å². The van der Waals surface area contributed by atoms with E-state index in [1.807, 2.05) is 0 Å². The molecule has 1 amide bonds. The molecule has 8 heteroatoms. The lowest BCUT2D eigenvalue weighted by Gasteiger charge is -2.17. The smallest absolute Gasteiger partial charge is 0.272 e. The molecule has 1 aliphatic heterocycles. The molecular formula is C10H7F5N2O.